The minimum absolute atomic E-state index is 0.0338. The van der Waals surface area contributed by atoms with Gasteiger partial charge in [0.25, 0.3) is 11.7 Å². The quantitative estimate of drug-likeness (QED) is 0.207. The minimum atomic E-state index is -0.931. The monoisotopic (exact) mass is 513 g/mol. The molecule has 1 amide bonds. The highest BCUT2D eigenvalue weighted by Crippen LogP contribution is 2.43. The Balaban J connectivity index is 1.89. The zero-order valence-electron chi connectivity index (χ0n) is 22.1. The van der Waals surface area contributed by atoms with Crippen LogP contribution in [0.1, 0.15) is 54.6 Å². The number of phenolic OH excluding ortho intramolecular Hbond substituents is 1. The first-order valence-electron chi connectivity index (χ1n) is 12.3. The second-order valence-corrected chi connectivity index (χ2v) is 10.5. The first-order valence-corrected chi connectivity index (χ1v) is 12.3. The standard InChI is InChI=1S/C31H31NO6/c1-18-6-11-21(31(2,3)4)17-24(18)28(35)26-27(20-9-14-23(33)15-10-20)32(30(37)29(26)36)22-12-7-19(8-13-22)16-25(34)38-5/h6-15,17,27,33,35H,16H2,1-5H3/b28-26+. The normalized spacial score (nSPS) is 17.1. The Bertz CT molecular complexity index is 1430. The molecule has 3 aromatic rings. The zero-order chi connectivity index (χ0) is 27.8. The van der Waals surface area contributed by atoms with Crippen LogP contribution in [-0.4, -0.2) is 35.0 Å². The van der Waals surface area contributed by atoms with Gasteiger partial charge in [0.1, 0.15) is 11.5 Å². The Labute approximate surface area is 222 Å². The number of methoxy groups -OCH3 is 1. The van der Waals surface area contributed by atoms with Crippen LogP contribution in [0.2, 0.25) is 0 Å². The smallest absolute Gasteiger partial charge is 0.309 e. The summed E-state index contributed by atoms with van der Waals surface area (Å²) in [7, 11) is 1.31. The van der Waals surface area contributed by atoms with Crippen molar-refractivity contribution in [2.75, 3.05) is 12.0 Å². The maximum Gasteiger partial charge on any atom is 0.309 e. The van der Waals surface area contributed by atoms with E-state index in [2.05, 4.69) is 20.8 Å². The van der Waals surface area contributed by atoms with Crippen molar-refractivity contribution >= 4 is 29.1 Å². The van der Waals surface area contributed by atoms with Gasteiger partial charge in [-0.05, 0) is 64.9 Å². The number of carbonyl (C=O) groups is 3. The van der Waals surface area contributed by atoms with E-state index in [0.29, 0.717) is 22.4 Å². The second kappa shape index (κ2) is 10.2. The Hall–Kier alpha value is -4.39. The molecule has 1 aliphatic heterocycles. The van der Waals surface area contributed by atoms with Gasteiger partial charge in [0.2, 0.25) is 0 Å². The van der Waals surface area contributed by atoms with Crippen molar-refractivity contribution in [1.82, 2.24) is 0 Å². The topological polar surface area (TPSA) is 104 Å². The molecule has 0 aliphatic carbocycles. The summed E-state index contributed by atoms with van der Waals surface area (Å²) >= 11 is 0. The Morgan fingerprint density at radius 2 is 1.61 bits per heavy atom. The van der Waals surface area contributed by atoms with E-state index in [0.717, 1.165) is 11.1 Å². The predicted molar refractivity (Wildman–Crippen MR) is 145 cm³/mol. The molecule has 0 spiro atoms. The van der Waals surface area contributed by atoms with Crippen LogP contribution in [0.15, 0.2) is 72.3 Å². The molecule has 38 heavy (non-hydrogen) atoms. The van der Waals surface area contributed by atoms with Gasteiger partial charge in [-0.2, -0.15) is 0 Å². The first-order chi connectivity index (χ1) is 17.9. The number of phenols is 1. The minimum Gasteiger partial charge on any atom is -0.508 e. The van der Waals surface area contributed by atoms with Crippen LogP contribution in [0, 0.1) is 6.92 Å². The van der Waals surface area contributed by atoms with Crippen molar-refractivity contribution < 1.29 is 29.3 Å². The number of Topliss-reactive ketones (excluding diaryl/α,β-unsaturated/α-hetero) is 1. The lowest BCUT2D eigenvalue weighted by atomic mass is 9.84. The summed E-state index contributed by atoms with van der Waals surface area (Å²) in [4.78, 5) is 39.9. The van der Waals surface area contributed by atoms with Gasteiger partial charge in [0, 0.05) is 11.3 Å². The Morgan fingerprint density at radius 3 is 2.18 bits per heavy atom. The number of amides is 1. The average molecular weight is 514 g/mol. The number of hydrogen-bond donors (Lipinski definition) is 2. The molecule has 7 heteroatoms. The van der Waals surface area contributed by atoms with Gasteiger partial charge in [-0.3, -0.25) is 19.3 Å². The lowest BCUT2D eigenvalue weighted by molar-refractivity contribution is -0.139. The number of aromatic hydroxyl groups is 1. The Morgan fingerprint density at radius 1 is 0.974 bits per heavy atom. The third-order valence-electron chi connectivity index (χ3n) is 6.80. The maximum atomic E-state index is 13.5. The van der Waals surface area contributed by atoms with Crippen LogP contribution < -0.4 is 4.90 Å². The van der Waals surface area contributed by atoms with Crippen LogP contribution in [0.4, 0.5) is 5.69 Å². The van der Waals surface area contributed by atoms with Gasteiger partial charge in [0.15, 0.2) is 0 Å². The van der Waals surface area contributed by atoms with E-state index in [1.54, 1.807) is 36.4 Å². The van der Waals surface area contributed by atoms with Crippen LogP contribution in [-0.2, 0) is 31.0 Å². The van der Waals surface area contributed by atoms with Gasteiger partial charge in [-0.25, -0.2) is 0 Å². The number of esters is 1. The number of benzene rings is 3. The molecule has 1 heterocycles. The summed E-state index contributed by atoms with van der Waals surface area (Å²) in [5, 5.41) is 21.4. The van der Waals surface area contributed by atoms with E-state index in [1.807, 2.05) is 25.1 Å². The molecular formula is C31H31NO6. The third-order valence-corrected chi connectivity index (χ3v) is 6.80. The van der Waals surface area contributed by atoms with E-state index in [-0.39, 0.29) is 28.9 Å². The van der Waals surface area contributed by atoms with Crippen molar-refractivity contribution in [2.24, 2.45) is 0 Å². The highest BCUT2D eigenvalue weighted by atomic mass is 16.5. The van der Waals surface area contributed by atoms with Crippen LogP contribution in [0.25, 0.3) is 5.76 Å². The predicted octanol–water partition coefficient (Wildman–Crippen LogP) is 5.34. The lowest BCUT2D eigenvalue weighted by Crippen LogP contribution is -2.29. The summed E-state index contributed by atoms with van der Waals surface area (Å²) in [6.07, 6.45) is 0.0698. The summed E-state index contributed by atoms with van der Waals surface area (Å²) in [6.45, 7) is 8.01. The SMILES string of the molecule is COC(=O)Cc1ccc(N2C(=O)C(=O)/C(=C(/O)c3cc(C(C)(C)C)ccc3C)C2c2ccc(O)cc2)cc1. The number of ether oxygens (including phenoxy) is 1. The van der Waals surface area contributed by atoms with Gasteiger partial charge in [-0.1, -0.05) is 57.2 Å². The number of aliphatic hydroxyl groups is 1. The van der Waals surface area contributed by atoms with Crippen LogP contribution in [0.3, 0.4) is 0 Å². The third kappa shape index (κ3) is 5.05. The summed E-state index contributed by atoms with van der Waals surface area (Å²) < 4.78 is 4.72. The molecular weight excluding hydrogens is 482 g/mol. The van der Waals surface area contributed by atoms with Gasteiger partial charge in [-0.15, -0.1) is 0 Å². The second-order valence-electron chi connectivity index (χ2n) is 10.5. The summed E-state index contributed by atoms with van der Waals surface area (Å²) in [5.41, 5.74) is 3.65. The summed E-state index contributed by atoms with van der Waals surface area (Å²) in [6, 6.07) is 17.7. The maximum absolute atomic E-state index is 13.5. The van der Waals surface area contributed by atoms with Gasteiger partial charge in [0.05, 0.1) is 25.1 Å². The first kappa shape index (κ1) is 26.7. The molecule has 0 saturated carbocycles. The number of rotatable bonds is 5. The number of aliphatic hydroxyl groups excluding tert-OH is 1. The molecule has 4 rings (SSSR count). The molecule has 1 fully saturated rings. The average Bonchev–Trinajstić information content (AvgIpc) is 3.14. The van der Waals surface area contributed by atoms with Crippen molar-refractivity contribution in [3.05, 3.63) is 100 Å². The fraction of sp³-hybridized carbons (Fsp3) is 0.258. The molecule has 0 bridgehead atoms. The molecule has 0 aromatic heterocycles. The fourth-order valence-corrected chi connectivity index (χ4v) is 4.57. The highest BCUT2D eigenvalue weighted by Gasteiger charge is 2.47. The lowest BCUT2D eigenvalue weighted by Gasteiger charge is -2.26. The molecule has 1 saturated heterocycles. The molecule has 2 N–H and O–H groups in total. The number of anilines is 1. The molecule has 0 radical (unpaired) electrons. The molecule has 3 aromatic carbocycles. The van der Waals surface area contributed by atoms with E-state index >= 15 is 0 Å². The number of ketones is 1. The molecule has 1 unspecified atom stereocenters. The van der Waals surface area contributed by atoms with E-state index in [4.69, 9.17) is 4.74 Å². The molecule has 1 atom stereocenters. The number of carbonyl (C=O) groups excluding carboxylic acids is 3. The van der Waals surface area contributed by atoms with Crippen LogP contribution in [0.5, 0.6) is 5.75 Å². The molecule has 7 nitrogen and oxygen atoms in total. The highest BCUT2D eigenvalue weighted by molar-refractivity contribution is 6.51. The van der Waals surface area contributed by atoms with Crippen molar-refractivity contribution in [3.63, 3.8) is 0 Å². The number of aryl methyl sites for hydroxylation is 1. The van der Waals surface area contributed by atoms with Crippen molar-refractivity contribution in [1.29, 1.82) is 0 Å². The summed E-state index contributed by atoms with van der Waals surface area (Å²) in [5.74, 6) is -2.20. The number of nitrogens with zero attached hydrogens (tertiary/aromatic N) is 1. The molecule has 196 valence electrons. The van der Waals surface area contributed by atoms with Crippen LogP contribution >= 0.6 is 0 Å². The van der Waals surface area contributed by atoms with E-state index in [9.17, 15) is 24.6 Å². The van der Waals surface area contributed by atoms with Gasteiger partial charge < -0.3 is 14.9 Å². The van der Waals surface area contributed by atoms with Crippen molar-refractivity contribution in [2.45, 2.75) is 45.6 Å². The molecule has 1 aliphatic rings. The van der Waals surface area contributed by atoms with E-state index in [1.165, 1.54) is 24.1 Å². The van der Waals surface area contributed by atoms with Gasteiger partial charge >= 0.3 is 5.97 Å². The zero-order valence-corrected chi connectivity index (χ0v) is 22.1. The largest absolute Gasteiger partial charge is 0.508 e. The fourth-order valence-electron chi connectivity index (χ4n) is 4.57. The Kier molecular flexibility index (Phi) is 7.14. The van der Waals surface area contributed by atoms with Crippen molar-refractivity contribution in [3.8, 4) is 5.75 Å². The number of hydrogen-bond acceptors (Lipinski definition) is 6. The van der Waals surface area contributed by atoms with E-state index < -0.39 is 23.7 Å².